The predicted octanol–water partition coefficient (Wildman–Crippen LogP) is 0.746. The molecule has 237 valence electrons. The van der Waals surface area contributed by atoms with Crippen molar-refractivity contribution in [1.29, 1.82) is 0 Å². The summed E-state index contributed by atoms with van der Waals surface area (Å²) in [7, 11) is -0.383. The Labute approximate surface area is 297 Å². The summed E-state index contributed by atoms with van der Waals surface area (Å²) in [6, 6.07) is 35.5. The van der Waals surface area contributed by atoms with Crippen LogP contribution in [-0.2, 0) is 47.1 Å². The van der Waals surface area contributed by atoms with E-state index in [1.807, 2.05) is 30.3 Å². The van der Waals surface area contributed by atoms with Crippen LogP contribution >= 0.6 is 7.26 Å². The largest absolute Gasteiger partial charge is 2.00 e. The molecule has 3 aromatic carbocycles. The molecule has 1 aromatic heterocycles. The minimum absolute atomic E-state index is 0. The summed E-state index contributed by atoms with van der Waals surface area (Å²) in [4.78, 5) is 4.06. The molecule has 0 aliphatic rings. The molecule has 0 atom stereocenters. The number of halogens is 1. The van der Waals surface area contributed by atoms with Crippen molar-refractivity contribution in [3.63, 3.8) is 0 Å². The number of hydrogen-bond donors (Lipinski definition) is 2. The first-order valence-corrected chi connectivity index (χ1v) is 16.4. The van der Waals surface area contributed by atoms with Crippen LogP contribution in [0.1, 0.15) is 12.5 Å². The Morgan fingerprint density at radius 3 is 1.71 bits per heavy atom. The van der Waals surface area contributed by atoms with E-state index < -0.39 is 7.26 Å². The summed E-state index contributed by atoms with van der Waals surface area (Å²) < 4.78 is 6.39. The van der Waals surface area contributed by atoms with Crippen LogP contribution in [0.25, 0.3) is 0 Å². The van der Waals surface area contributed by atoms with Crippen LogP contribution in [0, 0.1) is 0 Å². The van der Waals surface area contributed by atoms with Crippen LogP contribution in [0.4, 0.5) is 0 Å². The molecule has 1 heterocycles. The Kier molecular flexibility index (Phi) is 17.0. The van der Waals surface area contributed by atoms with Gasteiger partial charge in [-0.15, -0.1) is 5.10 Å². The van der Waals surface area contributed by atoms with Crippen molar-refractivity contribution in [2.75, 3.05) is 26.5 Å². The second-order valence-electron chi connectivity index (χ2n) is 9.21. The molecule has 45 heavy (non-hydrogen) atoms. The molecule has 0 saturated heterocycles. The van der Waals surface area contributed by atoms with Crippen LogP contribution in [0.2, 0.25) is 0 Å². The third-order valence-electron chi connectivity index (χ3n) is 6.44. The molecule has 13 heteroatoms. The SMILES string of the molecule is CNC([S-])=NN=C(C(C)=NN=C([S-])NCCOC[P+](c1ccccc1)(c1ccccc1)c1ccccc1)c1ccncc1.[Br-].[Cu+2]. The molecule has 0 aliphatic carbocycles. The van der Waals surface area contributed by atoms with E-state index in [4.69, 9.17) is 30.0 Å². The first-order valence-electron chi connectivity index (χ1n) is 13.6. The molecular formula is C32H33BrCuN7OPS2. The van der Waals surface area contributed by atoms with E-state index in [2.05, 4.69) is 109 Å². The summed E-state index contributed by atoms with van der Waals surface area (Å²) in [6.45, 7) is 2.70. The Balaban J connectivity index is 0.00000353. The van der Waals surface area contributed by atoms with Crippen molar-refractivity contribution < 1.29 is 38.8 Å². The summed E-state index contributed by atoms with van der Waals surface area (Å²) in [5.41, 5.74) is 1.82. The number of aromatic nitrogens is 1. The van der Waals surface area contributed by atoms with Gasteiger partial charge in [0, 0.05) is 31.5 Å². The zero-order valence-electron chi connectivity index (χ0n) is 24.7. The molecule has 1 radical (unpaired) electrons. The normalized spacial score (nSPS) is 12.5. The van der Waals surface area contributed by atoms with Gasteiger partial charge in [0.2, 0.25) is 0 Å². The Morgan fingerprint density at radius 2 is 1.22 bits per heavy atom. The van der Waals surface area contributed by atoms with Crippen LogP contribution < -0.4 is 43.5 Å². The van der Waals surface area contributed by atoms with Crippen LogP contribution in [-0.4, -0.2) is 53.3 Å². The first-order chi connectivity index (χ1) is 21.0. The average molecular weight is 770 g/mol. The van der Waals surface area contributed by atoms with Crippen molar-refractivity contribution in [3.05, 3.63) is 121 Å². The fraction of sp³-hybridized carbons (Fsp3) is 0.156. The number of nitrogens with one attached hydrogen (secondary N) is 2. The maximum absolute atomic E-state index is 6.39. The Hall–Kier alpha value is -3.08. The van der Waals surface area contributed by atoms with Gasteiger partial charge in [0.25, 0.3) is 0 Å². The molecule has 4 rings (SSSR count). The predicted molar refractivity (Wildman–Crippen MR) is 187 cm³/mol. The smallest absolute Gasteiger partial charge is 1.00 e. The second kappa shape index (κ2) is 20.1. The van der Waals surface area contributed by atoms with Gasteiger partial charge in [0.1, 0.15) is 28.9 Å². The number of nitrogens with zero attached hydrogens (tertiary/aromatic N) is 5. The summed E-state index contributed by atoms with van der Waals surface area (Å²) in [6.07, 6.45) is 3.89. The summed E-state index contributed by atoms with van der Waals surface area (Å²) in [5, 5.41) is 27.0. The van der Waals surface area contributed by atoms with E-state index >= 15 is 0 Å². The summed E-state index contributed by atoms with van der Waals surface area (Å²) >= 11 is 10.5. The van der Waals surface area contributed by atoms with E-state index in [1.165, 1.54) is 15.9 Å². The number of amidine groups is 2. The number of hydrogen-bond acceptors (Lipinski definition) is 8. The third-order valence-corrected chi connectivity index (χ3v) is 11.1. The second-order valence-corrected chi connectivity index (χ2v) is 13.4. The molecule has 2 N–H and O–H groups in total. The number of pyridine rings is 1. The topological polar surface area (TPSA) is 95.6 Å². The minimum atomic E-state index is -2.07. The van der Waals surface area contributed by atoms with Gasteiger partial charge in [-0.25, -0.2) is 0 Å². The van der Waals surface area contributed by atoms with Gasteiger partial charge in [-0.3, -0.25) is 4.98 Å². The van der Waals surface area contributed by atoms with Crippen LogP contribution in [0.15, 0.2) is 136 Å². The Morgan fingerprint density at radius 1 is 0.733 bits per heavy atom. The monoisotopic (exact) mass is 768 g/mol. The van der Waals surface area contributed by atoms with E-state index in [0.717, 1.165) is 5.56 Å². The molecule has 0 aliphatic heterocycles. The number of ether oxygens (including phenoxy) is 1. The van der Waals surface area contributed by atoms with Gasteiger partial charge >= 0.3 is 17.1 Å². The van der Waals surface area contributed by atoms with Crippen LogP contribution in [0.5, 0.6) is 0 Å². The van der Waals surface area contributed by atoms with E-state index in [0.29, 0.717) is 30.9 Å². The van der Waals surface area contributed by atoms with Crippen molar-refractivity contribution in [2.45, 2.75) is 6.92 Å². The van der Waals surface area contributed by atoms with Gasteiger partial charge in [-0.2, -0.15) is 15.3 Å². The van der Waals surface area contributed by atoms with E-state index in [-0.39, 0.29) is 44.4 Å². The van der Waals surface area contributed by atoms with Crippen molar-refractivity contribution >= 4 is 70.2 Å². The molecule has 0 bridgehead atoms. The van der Waals surface area contributed by atoms with Gasteiger partial charge in [0.05, 0.1) is 12.3 Å². The van der Waals surface area contributed by atoms with Gasteiger partial charge in [-0.1, -0.05) is 54.6 Å². The molecular weight excluding hydrogens is 737 g/mol. The van der Waals surface area contributed by atoms with E-state index in [9.17, 15) is 0 Å². The molecule has 0 fully saturated rings. The Bertz CT molecular complexity index is 1470. The standard InChI is InChI=1S/C32H34N7OPS2.BrH.Cu/c1-25(30(37-38-31(42)33-2)26-18-20-34-21-19-26)36-39-32(43)35-22-23-40-24-41(27-12-6-3-7-13-27,28-14-8-4-9-15-28)29-16-10-5-11-17-29;;/h3-21H,22-24H2,1-2H3,(H3-,33,34,35,36,37,38,39,42,43);1H;/q;;+2/p-2. The third kappa shape index (κ3) is 10.8. The fourth-order valence-electron chi connectivity index (χ4n) is 4.35. The summed E-state index contributed by atoms with van der Waals surface area (Å²) in [5.74, 6) is 0. The maximum Gasteiger partial charge on any atom is 2.00 e. The van der Waals surface area contributed by atoms with Gasteiger partial charge < -0.3 is 57.6 Å². The molecule has 0 amide bonds. The van der Waals surface area contributed by atoms with Crippen molar-refractivity contribution in [1.82, 2.24) is 15.6 Å². The minimum Gasteiger partial charge on any atom is -1.00 e. The zero-order valence-corrected chi connectivity index (χ0v) is 29.7. The van der Waals surface area contributed by atoms with Crippen molar-refractivity contribution in [3.8, 4) is 0 Å². The molecule has 0 saturated carbocycles. The number of benzene rings is 3. The zero-order chi connectivity index (χ0) is 30.3. The van der Waals surface area contributed by atoms with Crippen LogP contribution in [0.3, 0.4) is 0 Å². The molecule has 0 spiro atoms. The molecule has 0 unspecified atom stereocenters. The average Bonchev–Trinajstić information content (AvgIpc) is 3.07. The van der Waals surface area contributed by atoms with Gasteiger partial charge in [0.15, 0.2) is 6.35 Å². The first kappa shape index (κ1) is 38.1. The van der Waals surface area contributed by atoms with E-state index in [1.54, 1.807) is 26.4 Å². The molecule has 8 nitrogen and oxygen atoms in total. The molecule has 4 aromatic rings. The fourth-order valence-corrected chi connectivity index (χ4v) is 8.32. The maximum atomic E-state index is 6.39. The van der Waals surface area contributed by atoms with Gasteiger partial charge in [-0.05, 0) is 65.8 Å². The van der Waals surface area contributed by atoms with Crippen molar-refractivity contribution in [2.24, 2.45) is 20.4 Å². The quantitative estimate of drug-likeness (QED) is 0.0421. The number of rotatable bonds is 12.